The lowest BCUT2D eigenvalue weighted by Crippen LogP contribution is -2.32. The van der Waals surface area contributed by atoms with Crippen LogP contribution in [-0.4, -0.2) is 61.3 Å². The van der Waals surface area contributed by atoms with E-state index < -0.39 is 33.5 Å². The van der Waals surface area contributed by atoms with Crippen LogP contribution in [0, 0.1) is 0 Å². The Morgan fingerprint density at radius 3 is 2.81 bits per heavy atom. The van der Waals surface area contributed by atoms with Crippen LogP contribution in [0.5, 0.6) is 0 Å². The molecule has 12 heteroatoms. The summed E-state index contributed by atoms with van der Waals surface area (Å²) >= 11 is 2.04. The smallest absolute Gasteiger partial charge is 0.311 e. The van der Waals surface area contributed by atoms with Crippen molar-refractivity contribution in [3.63, 3.8) is 0 Å². The number of thioether (sulfide) groups is 1. The third kappa shape index (κ3) is 3.74. The summed E-state index contributed by atoms with van der Waals surface area (Å²) in [5.41, 5.74) is 4.65. The highest BCUT2D eigenvalue weighted by atomic mass is 32.2. The third-order valence-corrected chi connectivity index (χ3v) is 6.64. The van der Waals surface area contributed by atoms with E-state index >= 15 is 0 Å². The predicted octanol–water partition coefficient (Wildman–Crippen LogP) is -0.0656. The predicted molar refractivity (Wildman–Crippen MR) is 104 cm³/mol. The van der Waals surface area contributed by atoms with Crippen LogP contribution in [0.2, 0.25) is 0 Å². The molecule has 1 aliphatic heterocycles. The average Bonchev–Trinajstić information content (AvgIpc) is 3.14. The second-order valence-electron chi connectivity index (χ2n) is 6.38. The molecular formula is C15H21N5O5S2. The maximum Gasteiger partial charge on any atom is 0.311 e. The summed E-state index contributed by atoms with van der Waals surface area (Å²) in [7, 11) is 3.29. The maximum atomic E-state index is 12.6. The first-order valence-electron chi connectivity index (χ1n) is 8.32. The van der Waals surface area contributed by atoms with Gasteiger partial charge in [0.1, 0.15) is 10.1 Å². The zero-order chi connectivity index (χ0) is 19.9. The monoisotopic (exact) mass is 415 g/mol. The Labute approximate surface area is 162 Å². The number of aromatic nitrogens is 3. The summed E-state index contributed by atoms with van der Waals surface area (Å²) in [6.45, 7) is 1.82. The highest BCUT2D eigenvalue weighted by Gasteiger charge is 2.42. The molecule has 0 saturated carbocycles. The number of ether oxygens (including phenoxy) is 1. The quantitative estimate of drug-likeness (QED) is 0.616. The van der Waals surface area contributed by atoms with Crippen LogP contribution < -0.4 is 16.2 Å². The number of H-pyrrole nitrogens is 1. The number of nitrogens with one attached hydrogen (secondary N) is 1. The minimum absolute atomic E-state index is 0.109. The molecule has 2 aromatic rings. The lowest BCUT2D eigenvalue weighted by molar-refractivity contribution is -0.129. The number of nitrogens with two attached hydrogens (primary N) is 1. The summed E-state index contributed by atoms with van der Waals surface area (Å²) in [5, 5.41) is 9.76. The van der Waals surface area contributed by atoms with Crippen LogP contribution in [0.1, 0.15) is 26.0 Å². The van der Waals surface area contributed by atoms with E-state index in [4.69, 9.17) is 10.5 Å². The van der Waals surface area contributed by atoms with Gasteiger partial charge in [-0.3, -0.25) is 23.9 Å². The molecule has 0 aliphatic carbocycles. The maximum absolute atomic E-state index is 12.6. The van der Waals surface area contributed by atoms with Crippen molar-refractivity contribution in [1.82, 2.24) is 19.4 Å². The number of nitrogens with zero attached hydrogens (tertiary/aromatic N) is 3. The molecule has 2 aromatic heterocycles. The van der Waals surface area contributed by atoms with E-state index in [1.165, 1.54) is 21.2 Å². The van der Waals surface area contributed by atoms with E-state index in [0.717, 1.165) is 11.3 Å². The van der Waals surface area contributed by atoms with Gasteiger partial charge in [0.15, 0.2) is 11.9 Å². The van der Waals surface area contributed by atoms with Crippen molar-refractivity contribution in [3.05, 3.63) is 20.0 Å². The number of anilines is 1. The molecule has 27 heavy (non-hydrogen) atoms. The third-order valence-electron chi connectivity index (χ3n) is 4.25. The Balaban J connectivity index is 2.07. The molecular weight excluding hydrogens is 394 g/mol. The standard InChI is InChI=1S/C15H21N5O5S2/c1-4-6(21)13-25-12(7(26-13)5-8(22)19(2)3)20-10-9(27-15(20)24)11(23)18-14(16)17-10/h6-7,12-13,21H,4-5H2,1-3H3,(H3,16,17,18,23)/t6?,7-,12+,13?/m0/s1. The average molecular weight is 415 g/mol. The highest BCUT2D eigenvalue weighted by molar-refractivity contribution is 8.00. The lowest BCUT2D eigenvalue weighted by Gasteiger charge is -2.20. The van der Waals surface area contributed by atoms with Crippen molar-refractivity contribution in [1.29, 1.82) is 0 Å². The van der Waals surface area contributed by atoms with Gasteiger partial charge in [0.25, 0.3) is 5.56 Å². The fourth-order valence-corrected chi connectivity index (χ4v) is 5.07. The summed E-state index contributed by atoms with van der Waals surface area (Å²) < 4.78 is 7.34. The van der Waals surface area contributed by atoms with E-state index in [1.54, 1.807) is 14.1 Å². The number of aliphatic hydroxyl groups excluding tert-OH is 1. The first-order valence-corrected chi connectivity index (χ1v) is 10.1. The van der Waals surface area contributed by atoms with Gasteiger partial charge in [-0.25, -0.2) is 0 Å². The van der Waals surface area contributed by atoms with E-state index in [9.17, 15) is 19.5 Å². The van der Waals surface area contributed by atoms with Gasteiger partial charge in [0, 0.05) is 20.5 Å². The van der Waals surface area contributed by atoms with Crippen LogP contribution >= 0.6 is 23.1 Å². The van der Waals surface area contributed by atoms with Gasteiger partial charge < -0.3 is 20.5 Å². The summed E-state index contributed by atoms with van der Waals surface area (Å²) in [6, 6.07) is 0. The Bertz CT molecular complexity index is 968. The second kappa shape index (κ2) is 7.62. The minimum Gasteiger partial charge on any atom is -0.390 e. The van der Waals surface area contributed by atoms with Crippen LogP contribution in [0.25, 0.3) is 10.3 Å². The zero-order valence-electron chi connectivity index (χ0n) is 15.0. The fourth-order valence-electron chi connectivity index (χ4n) is 2.77. The number of rotatable bonds is 5. The number of amides is 1. The molecule has 148 valence electrons. The Hall–Kier alpha value is -1.89. The Morgan fingerprint density at radius 2 is 2.19 bits per heavy atom. The Morgan fingerprint density at radius 1 is 1.48 bits per heavy atom. The number of thiazole rings is 1. The first-order chi connectivity index (χ1) is 12.7. The SMILES string of the molecule is CCC(O)C1O[C@@H](n2c(=O)sc3c(=O)[nH]c(N)nc32)[C@H](CC(=O)N(C)C)S1. The van der Waals surface area contributed by atoms with Gasteiger partial charge in [0.05, 0.1) is 11.4 Å². The molecule has 4 N–H and O–H groups in total. The molecule has 1 fully saturated rings. The van der Waals surface area contributed by atoms with Crippen molar-refractivity contribution >= 4 is 45.3 Å². The summed E-state index contributed by atoms with van der Waals surface area (Å²) in [4.78, 5) is 44.4. The summed E-state index contributed by atoms with van der Waals surface area (Å²) in [6.07, 6.45) is -1.03. The number of carbonyl (C=O) groups excluding carboxylic acids is 1. The van der Waals surface area contributed by atoms with Gasteiger partial charge in [-0.15, -0.1) is 11.8 Å². The Kier molecular flexibility index (Phi) is 5.60. The van der Waals surface area contributed by atoms with Gasteiger partial charge in [-0.1, -0.05) is 18.3 Å². The number of aliphatic hydroxyl groups is 1. The van der Waals surface area contributed by atoms with Crippen LogP contribution in [0.15, 0.2) is 9.59 Å². The molecule has 10 nitrogen and oxygen atoms in total. The van der Waals surface area contributed by atoms with Crippen molar-refractivity contribution in [3.8, 4) is 0 Å². The molecule has 4 atom stereocenters. The molecule has 0 spiro atoms. The van der Waals surface area contributed by atoms with Crippen LogP contribution in [0.3, 0.4) is 0 Å². The number of hydrogen-bond acceptors (Lipinski definition) is 9. The highest BCUT2D eigenvalue weighted by Crippen LogP contribution is 2.43. The second-order valence-corrected chi connectivity index (χ2v) is 8.68. The molecule has 3 rings (SSSR count). The van der Waals surface area contributed by atoms with E-state index in [2.05, 4.69) is 9.97 Å². The fraction of sp³-hybridized carbons (Fsp3) is 0.600. The molecule has 0 radical (unpaired) electrons. The first kappa shape index (κ1) is 19.9. The number of hydrogen-bond donors (Lipinski definition) is 3. The van der Waals surface area contributed by atoms with E-state index in [1.807, 2.05) is 6.92 Å². The summed E-state index contributed by atoms with van der Waals surface area (Å²) in [5.74, 6) is -0.249. The number of aromatic amines is 1. The van der Waals surface area contributed by atoms with Crippen molar-refractivity contribution in [2.75, 3.05) is 19.8 Å². The topological polar surface area (TPSA) is 144 Å². The van der Waals surface area contributed by atoms with Crippen LogP contribution in [-0.2, 0) is 9.53 Å². The van der Waals surface area contributed by atoms with Gasteiger partial charge >= 0.3 is 4.87 Å². The number of nitrogen functional groups attached to an aromatic ring is 1. The molecule has 3 heterocycles. The molecule has 1 aliphatic rings. The van der Waals surface area contributed by atoms with Gasteiger partial charge in [-0.05, 0) is 6.42 Å². The minimum atomic E-state index is -0.847. The molecule has 2 unspecified atom stereocenters. The number of carbonyl (C=O) groups is 1. The van der Waals surface area contributed by atoms with Crippen molar-refractivity contribution in [2.24, 2.45) is 0 Å². The van der Waals surface area contributed by atoms with E-state index in [0.29, 0.717) is 6.42 Å². The largest absolute Gasteiger partial charge is 0.390 e. The molecule has 1 saturated heterocycles. The number of fused-ring (bicyclic) bond motifs is 1. The van der Waals surface area contributed by atoms with Gasteiger partial charge in [-0.2, -0.15) is 4.98 Å². The molecule has 0 aromatic carbocycles. The lowest BCUT2D eigenvalue weighted by atomic mass is 10.2. The molecule has 0 bridgehead atoms. The zero-order valence-corrected chi connectivity index (χ0v) is 16.7. The van der Waals surface area contributed by atoms with Gasteiger partial charge in [0.2, 0.25) is 11.9 Å². The normalized spacial score (nSPS) is 23.6. The van der Waals surface area contributed by atoms with E-state index in [-0.39, 0.29) is 28.6 Å². The van der Waals surface area contributed by atoms with Crippen LogP contribution in [0.4, 0.5) is 5.95 Å². The van der Waals surface area contributed by atoms with Crippen molar-refractivity contribution in [2.45, 2.75) is 42.8 Å². The van der Waals surface area contributed by atoms with Crippen molar-refractivity contribution < 1.29 is 14.6 Å². The molecule has 1 amide bonds.